The standard InChI is InChI=1S/C30H22Cl2N6O2S3/c31-17-1-11-23-25(13-17)37-29(35-23)41-15-27(39)33-19-3-7-21(8-4-19)43-22-9-5-20(6-10-22)34-28(40)16-42-30-36-24-12-2-18(32)14-26(24)38-30/h1-14H,15-16H2,(H,33,39)(H,34,40)(H,35,37)(H,36,38). The topological polar surface area (TPSA) is 116 Å². The molecule has 0 bridgehead atoms. The third kappa shape index (κ3) is 7.87. The van der Waals surface area contributed by atoms with Crippen molar-refractivity contribution in [3.05, 3.63) is 95.0 Å². The molecule has 6 rings (SSSR count). The minimum atomic E-state index is -0.123. The van der Waals surface area contributed by atoms with Crippen LogP contribution in [0.4, 0.5) is 11.4 Å². The van der Waals surface area contributed by atoms with Crippen LogP contribution in [-0.2, 0) is 9.59 Å². The summed E-state index contributed by atoms with van der Waals surface area (Å²) in [7, 11) is 0. The zero-order valence-electron chi connectivity index (χ0n) is 22.2. The highest BCUT2D eigenvalue weighted by atomic mass is 35.5. The highest BCUT2D eigenvalue weighted by molar-refractivity contribution is 8.00. The largest absolute Gasteiger partial charge is 0.333 e. The van der Waals surface area contributed by atoms with Gasteiger partial charge in [0, 0.05) is 31.2 Å². The number of nitrogens with zero attached hydrogens (tertiary/aromatic N) is 2. The van der Waals surface area contributed by atoms with Gasteiger partial charge in [-0.3, -0.25) is 9.59 Å². The van der Waals surface area contributed by atoms with E-state index in [4.69, 9.17) is 23.2 Å². The number of rotatable bonds is 10. The van der Waals surface area contributed by atoms with Gasteiger partial charge in [0.2, 0.25) is 11.8 Å². The van der Waals surface area contributed by atoms with Crippen LogP contribution in [0.3, 0.4) is 0 Å². The summed E-state index contributed by atoms with van der Waals surface area (Å²) < 4.78 is 0. The number of aromatic nitrogens is 4. The summed E-state index contributed by atoms with van der Waals surface area (Å²) in [4.78, 5) is 42.2. The number of carbonyl (C=O) groups is 2. The maximum absolute atomic E-state index is 12.5. The number of hydrogen-bond donors (Lipinski definition) is 4. The van der Waals surface area contributed by atoms with Crippen molar-refractivity contribution in [1.29, 1.82) is 0 Å². The predicted molar refractivity (Wildman–Crippen MR) is 178 cm³/mol. The first-order chi connectivity index (χ1) is 20.9. The summed E-state index contributed by atoms with van der Waals surface area (Å²) in [6.07, 6.45) is 0. The van der Waals surface area contributed by atoms with Crippen LogP contribution in [0.2, 0.25) is 10.0 Å². The van der Waals surface area contributed by atoms with E-state index in [-0.39, 0.29) is 23.3 Å². The number of thioether (sulfide) groups is 2. The number of nitrogens with one attached hydrogen (secondary N) is 4. The number of halogens is 2. The number of benzene rings is 4. The SMILES string of the molecule is O=C(CSc1nc2ccc(Cl)cc2[nH]1)Nc1ccc(Sc2ccc(NC(=O)CSc3nc4ccc(Cl)cc4[nH]3)cc2)cc1. The summed E-state index contributed by atoms with van der Waals surface area (Å²) in [5, 5.41) is 8.42. The summed E-state index contributed by atoms with van der Waals surface area (Å²) in [5.41, 5.74) is 4.72. The lowest BCUT2D eigenvalue weighted by atomic mass is 10.3. The van der Waals surface area contributed by atoms with Crippen molar-refractivity contribution >= 4 is 104 Å². The fourth-order valence-corrected chi connectivity index (χ4v) is 6.59. The highest BCUT2D eigenvalue weighted by Gasteiger charge is 2.10. The average Bonchev–Trinajstić information content (AvgIpc) is 3.60. The molecule has 0 fully saturated rings. The number of aromatic amines is 2. The maximum Gasteiger partial charge on any atom is 0.234 e. The van der Waals surface area contributed by atoms with E-state index in [1.807, 2.05) is 72.8 Å². The number of amides is 2. The summed E-state index contributed by atoms with van der Waals surface area (Å²) in [5.74, 6) is 0.201. The van der Waals surface area contributed by atoms with E-state index >= 15 is 0 Å². The Morgan fingerprint density at radius 3 is 1.47 bits per heavy atom. The van der Waals surface area contributed by atoms with E-state index < -0.39 is 0 Å². The minimum Gasteiger partial charge on any atom is -0.333 e. The molecular formula is C30H22Cl2N6O2S3. The van der Waals surface area contributed by atoms with Gasteiger partial charge in [0.05, 0.1) is 33.6 Å². The van der Waals surface area contributed by atoms with Crippen molar-refractivity contribution in [3.8, 4) is 0 Å². The van der Waals surface area contributed by atoms with Gasteiger partial charge in [0.1, 0.15) is 0 Å². The minimum absolute atomic E-state index is 0.123. The fraction of sp³-hybridized carbons (Fsp3) is 0.0667. The molecule has 6 aromatic rings. The second-order valence-corrected chi connectivity index (χ2v) is 13.2. The van der Waals surface area contributed by atoms with Gasteiger partial charge in [-0.05, 0) is 84.9 Å². The Bertz CT molecular complexity index is 1790. The third-order valence-electron chi connectivity index (χ3n) is 6.04. The normalized spacial score (nSPS) is 11.2. The third-order valence-corrected chi connectivity index (χ3v) is 9.27. The van der Waals surface area contributed by atoms with Crippen LogP contribution < -0.4 is 10.6 Å². The first-order valence-electron chi connectivity index (χ1n) is 12.9. The van der Waals surface area contributed by atoms with Gasteiger partial charge in [-0.1, -0.05) is 58.5 Å². The number of fused-ring (bicyclic) bond motifs is 2. The molecule has 0 aliphatic heterocycles. The molecule has 4 aromatic carbocycles. The second-order valence-electron chi connectivity index (χ2n) is 9.23. The number of anilines is 2. The smallest absolute Gasteiger partial charge is 0.234 e. The lowest BCUT2D eigenvalue weighted by Gasteiger charge is -2.08. The summed E-state index contributed by atoms with van der Waals surface area (Å²) in [6.45, 7) is 0. The number of hydrogen-bond acceptors (Lipinski definition) is 7. The molecule has 0 aliphatic carbocycles. The highest BCUT2D eigenvalue weighted by Crippen LogP contribution is 2.30. The van der Waals surface area contributed by atoms with E-state index in [1.165, 1.54) is 23.5 Å². The van der Waals surface area contributed by atoms with Crippen molar-refractivity contribution in [2.45, 2.75) is 20.1 Å². The van der Waals surface area contributed by atoms with Gasteiger partial charge >= 0.3 is 0 Å². The summed E-state index contributed by atoms with van der Waals surface area (Å²) in [6, 6.07) is 26.2. The molecule has 43 heavy (non-hydrogen) atoms. The Hall–Kier alpha value is -3.61. The molecule has 216 valence electrons. The predicted octanol–water partition coefficient (Wildman–Crippen LogP) is 8.36. The second kappa shape index (κ2) is 13.4. The molecule has 0 atom stereocenters. The van der Waals surface area contributed by atoms with Crippen molar-refractivity contribution in [1.82, 2.24) is 19.9 Å². The Labute approximate surface area is 269 Å². The number of H-pyrrole nitrogens is 2. The van der Waals surface area contributed by atoms with Crippen LogP contribution in [0.25, 0.3) is 22.1 Å². The van der Waals surface area contributed by atoms with E-state index in [0.29, 0.717) is 31.7 Å². The quantitative estimate of drug-likeness (QED) is 0.109. The molecular weight excluding hydrogens is 643 g/mol. The van der Waals surface area contributed by atoms with Gasteiger partial charge in [0.15, 0.2) is 10.3 Å². The summed E-state index contributed by atoms with van der Waals surface area (Å²) >= 11 is 16.3. The zero-order chi connectivity index (χ0) is 29.8. The van der Waals surface area contributed by atoms with Crippen molar-refractivity contribution in [2.75, 3.05) is 22.1 Å². The molecule has 2 amide bonds. The van der Waals surface area contributed by atoms with Crippen LogP contribution in [0.15, 0.2) is 105 Å². The van der Waals surface area contributed by atoms with Crippen molar-refractivity contribution < 1.29 is 9.59 Å². The molecule has 0 saturated carbocycles. The molecule has 0 radical (unpaired) electrons. The molecule has 0 aliphatic rings. The van der Waals surface area contributed by atoms with E-state index in [9.17, 15) is 9.59 Å². The fourth-order valence-electron chi connectivity index (χ4n) is 4.06. The monoisotopic (exact) mass is 664 g/mol. The Balaban J connectivity index is 0.948. The lowest BCUT2D eigenvalue weighted by Crippen LogP contribution is -2.14. The van der Waals surface area contributed by atoms with Gasteiger partial charge < -0.3 is 20.6 Å². The van der Waals surface area contributed by atoms with Crippen molar-refractivity contribution in [2.24, 2.45) is 0 Å². The Morgan fingerprint density at radius 1 is 0.628 bits per heavy atom. The molecule has 0 saturated heterocycles. The van der Waals surface area contributed by atoms with E-state index in [1.54, 1.807) is 23.9 Å². The average molecular weight is 666 g/mol. The molecule has 8 nitrogen and oxygen atoms in total. The molecule has 0 spiro atoms. The number of imidazole rings is 2. The van der Waals surface area contributed by atoms with Gasteiger partial charge in [-0.2, -0.15) is 0 Å². The van der Waals surface area contributed by atoms with Crippen LogP contribution in [0.5, 0.6) is 0 Å². The van der Waals surface area contributed by atoms with Crippen LogP contribution in [-0.4, -0.2) is 43.3 Å². The molecule has 2 heterocycles. The van der Waals surface area contributed by atoms with Crippen molar-refractivity contribution in [3.63, 3.8) is 0 Å². The van der Waals surface area contributed by atoms with E-state index in [2.05, 4.69) is 30.6 Å². The Morgan fingerprint density at radius 2 is 1.05 bits per heavy atom. The maximum atomic E-state index is 12.5. The molecule has 2 aromatic heterocycles. The molecule has 13 heteroatoms. The molecule has 0 unspecified atom stereocenters. The van der Waals surface area contributed by atoms with Crippen LogP contribution >= 0.6 is 58.5 Å². The van der Waals surface area contributed by atoms with Gasteiger partial charge in [0.25, 0.3) is 0 Å². The Kier molecular flexibility index (Phi) is 9.15. The first kappa shape index (κ1) is 29.5. The molecule has 4 N–H and O–H groups in total. The van der Waals surface area contributed by atoms with Gasteiger partial charge in [-0.15, -0.1) is 0 Å². The zero-order valence-corrected chi connectivity index (χ0v) is 26.2. The first-order valence-corrected chi connectivity index (χ1v) is 16.4. The number of carbonyl (C=O) groups excluding carboxylic acids is 2. The van der Waals surface area contributed by atoms with E-state index in [0.717, 1.165) is 31.9 Å². The van der Waals surface area contributed by atoms with Crippen LogP contribution in [0.1, 0.15) is 0 Å². The van der Waals surface area contributed by atoms with Gasteiger partial charge in [-0.25, -0.2) is 9.97 Å². The lowest BCUT2D eigenvalue weighted by molar-refractivity contribution is -0.114. The van der Waals surface area contributed by atoms with Crippen LogP contribution in [0, 0.1) is 0 Å².